The van der Waals surface area contributed by atoms with Gasteiger partial charge in [-0.25, -0.2) is 14.4 Å². The Hall–Kier alpha value is -6.41. The van der Waals surface area contributed by atoms with E-state index in [1.54, 1.807) is 0 Å². The van der Waals surface area contributed by atoms with Crippen molar-refractivity contribution in [1.82, 2.24) is 63.8 Å². The van der Waals surface area contributed by atoms with Crippen LogP contribution in [0.15, 0.2) is 60.7 Å². The molecular formula is C60H96N12O12. The molecule has 2 aromatic carbocycles. The molecule has 5 amide bonds. The minimum atomic E-state index is -1.50. The van der Waals surface area contributed by atoms with E-state index >= 15 is 0 Å². The summed E-state index contributed by atoms with van der Waals surface area (Å²) in [6.45, 7) is 8.74. The maximum Gasteiger partial charge on any atom is 0.326 e. The van der Waals surface area contributed by atoms with Crippen molar-refractivity contribution in [2.45, 2.75) is 151 Å². The third-order valence-corrected chi connectivity index (χ3v) is 15.3. The fraction of sp³-hybridized carbons (Fsp3) is 0.650. The number of rotatable bonds is 36. The molecule has 468 valence electrons. The molecule has 3 heterocycles. The Morgan fingerprint density at radius 1 is 0.488 bits per heavy atom. The molecule has 15 N–H and O–H groups in total. The number of aliphatic carboxylic acids is 3. The molecule has 0 radical (unpaired) electrons. The molecule has 2 unspecified atom stereocenters. The molecule has 3 fully saturated rings. The van der Waals surface area contributed by atoms with Crippen molar-refractivity contribution in [3.05, 3.63) is 71.8 Å². The van der Waals surface area contributed by atoms with Gasteiger partial charge in [0.05, 0.1) is 17.1 Å². The Labute approximate surface area is 494 Å². The lowest BCUT2D eigenvalue weighted by atomic mass is 9.89. The third kappa shape index (κ3) is 28.9. The summed E-state index contributed by atoms with van der Waals surface area (Å²) < 4.78 is 0. The van der Waals surface area contributed by atoms with Crippen LogP contribution in [0.25, 0.3) is 0 Å². The average molecular weight is 1180 g/mol. The minimum Gasteiger partial charge on any atom is -0.481 e. The highest BCUT2D eigenvalue weighted by Crippen LogP contribution is 2.18. The molecule has 3 aliphatic rings. The van der Waals surface area contributed by atoms with E-state index in [1.807, 2.05) is 67.7 Å². The Morgan fingerprint density at radius 3 is 1.46 bits per heavy atom. The van der Waals surface area contributed by atoms with Gasteiger partial charge in [0.15, 0.2) is 5.78 Å². The Balaban J connectivity index is 1.21. The highest BCUT2D eigenvalue weighted by Gasteiger charge is 2.34. The number of carboxylic acids is 3. The van der Waals surface area contributed by atoms with Crippen molar-refractivity contribution < 1.29 is 58.5 Å². The number of carbonyl (C=O) groups excluding carboxylic acids is 6. The van der Waals surface area contributed by atoms with E-state index in [9.17, 15) is 53.4 Å². The van der Waals surface area contributed by atoms with E-state index in [0.717, 1.165) is 69.7 Å². The van der Waals surface area contributed by atoms with Crippen LogP contribution in [0.5, 0.6) is 0 Å². The number of amides is 5. The van der Waals surface area contributed by atoms with E-state index in [4.69, 9.17) is 5.11 Å². The molecule has 0 spiro atoms. The van der Waals surface area contributed by atoms with Crippen molar-refractivity contribution in [3.63, 3.8) is 0 Å². The number of fused-ring (bicyclic) bond motifs is 15. The standard InChI is InChI=1S/C60H96N12O12/c1-61-59-38-62-29-32-65-41-60(42-66-33-30-63-39-59,43-67-34-31-64-40-59)72-53(76)25-16-24-52(75)69-50(36-45-19-10-6-11-20-45)51(74)37-46(35-44-17-8-5-9-18-44)55(79)68-28-15-4-2-3-12-21-47(73)22-13-7-14-23-48(56(80)81)70-58(84)71-49(57(82)83)26-27-54(77)78/h5-6,8-11,17-20,46,48-50,61-67H,2-4,7,12-16,21-43H2,1H3,(H,68,79)(H,69,75)(H,72,76)(H,77,78)(H,80,81)(H,82,83)(H2,70,71,84)/t46-,48?,49?,50+,59?,60?/m0/s1. The molecule has 0 saturated carbocycles. The van der Waals surface area contributed by atoms with E-state index in [-0.39, 0.29) is 79.8 Å². The molecule has 4 atom stereocenters. The van der Waals surface area contributed by atoms with Gasteiger partial charge in [0.2, 0.25) is 17.7 Å². The van der Waals surface area contributed by atoms with Gasteiger partial charge in [-0.15, -0.1) is 0 Å². The monoisotopic (exact) mass is 1180 g/mol. The molecule has 24 heteroatoms. The smallest absolute Gasteiger partial charge is 0.326 e. The Morgan fingerprint density at radius 2 is 0.952 bits per heavy atom. The molecule has 84 heavy (non-hydrogen) atoms. The van der Waals surface area contributed by atoms with Crippen molar-refractivity contribution in [1.29, 1.82) is 0 Å². The van der Waals surface area contributed by atoms with Crippen molar-refractivity contribution in [3.8, 4) is 0 Å². The van der Waals surface area contributed by atoms with Gasteiger partial charge in [-0.1, -0.05) is 92.8 Å². The fourth-order valence-electron chi connectivity index (χ4n) is 10.4. The Bertz CT molecular complexity index is 2290. The lowest BCUT2D eigenvalue weighted by molar-refractivity contribution is -0.141. The number of nitrogens with one attached hydrogen (secondary N) is 12. The van der Waals surface area contributed by atoms with E-state index in [1.165, 1.54) is 0 Å². The average Bonchev–Trinajstić information content (AvgIpc) is 3.64. The van der Waals surface area contributed by atoms with Gasteiger partial charge in [0.1, 0.15) is 17.9 Å². The molecule has 0 aromatic heterocycles. The quantitative estimate of drug-likeness (QED) is 0.0425. The first-order valence-electron chi connectivity index (χ1n) is 30.2. The van der Waals surface area contributed by atoms with Crippen molar-refractivity contribution in [2.75, 3.05) is 92.1 Å². The van der Waals surface area contributed by atoms with Gasteiger partial charge in [-0.3, -0.25) is 28.8 Å². The number of benzene rings is 2. The number of Topliss-reactive ketones (excluding diaryl/α,β-unsaturated/α-hetero) is 2. The number of ketones is 2. The first-order valence-corrected chi connectivity index (χ1v) is 30.2. The summed E-state index contributed by atoms with van der Waals surface area (Å²) in [6.07, 6.45) is 6.18. The lowest BCUT2D eigenvalue weighted by Crippen LogP contribution is -2.67. The summed E-state index contributed by atoms with van der Waals surface area (Å²) in [7, 11) is 2.00. The summed E-state index contributed by atoms with van der Waals surface area (Å²) in [5.74, 6) is -5.63. The molecular weight excluding hydrogens is 1080 g/mol. The maximum absolute atomic E-state index is 14.3. The summed E-state index contributed by atoms with van der Waals surface area (Å²) in [5, 5.41) is 66.3. The molecule has 3 aliphatic heterocycles. The Kier molecular flexibility index (Phi) is 33.4. The number of likely N-dealkylation sites (N-methyl/N-ethyl adjacent to an activating group) is 1. The second-order valence-electron chi connectivity index (χ2n) is 22.4. The molecule has 3 saturated heterocycles. The highest BCUT2D eigenvalue weighted by molar-refractivity contribution is 5.93. The fourth-order valence-corrected chi connectivity index (χ4v) is 10.4. The second kappa shape index (κ2) is 40.0. The van der Waals surface area contributed by atoms with Crippen LogP contribution < -0.4 is 63.8 Å². The van der Waals surface area contributed by atoms with Crippen molar-refractivity contribution >= 4 is 53.2 Å². The number of urea groups is 1. The van der Waals surface area contributed by atoms with Crippen LogP contribution in [0.1, 0.15) is 120 Å². The molecule has 2 bridgehead atoms. The zero-order chi connectivity index (χ0) is 60.8. The summed E-state index contributed by atoms with van der Waals surface area (Å²) in [4.78, 5) is 114. The first kappa shape index (κ1) is 70.1. The zero-order valence-corrected chi connectivity index (χ0v) is 49.2. The van der Waals surface area contributed by atoms with Crippen molar-refractivity contribution in [2.24, 2.45) is 5.92 Å². The van der Waals surface area contributed by atoms with E-state index in [2.05, 4.69) is 63.8 Å². The number of carboxylic acid groups (broad SMARTS) is 3. The van der Waals surface area contributed by atoms with Crippen LogP contribution in [0.3, 0.4) is 0 Å². The van der Waals surface area contributed by atoms with Gasteiger partial charge in [-0.05, 0) is 69.5 Å². The molecule has 2 aromatic rings. The second-order valence-corrected chi connectivity index (χ2v) is 22.4. The summed E-state index contributed by atoms with van der Waals surface area (Å²) in [6, 6.07) is 14.2. The van der Waals surface area contributed by atoms with Crippen LogP contribution in [0, 0.1) is 5.92 Å². The molecule has 24 nitrogen and oxygen atoms in total. The predicted octanol–water partition coefficient (Wildman–Crippen LogP) is 1.13. The van der Waals surface area contributed by atoms with Crippen LogP contribution in [-0.4, -0.2) is 190 Å². The van der Waals surface area contributed by atoms with Crippen LogP contribution >= 0.6 is 0 Å². The van der Waals surface area contributed by atoms with E-state index in [0.29, 0.717) is 97.2 Å². The normalized spacial score (nSPS) is 19.4. The van der Waals surface area contributed by atoms with Gasteiger partial charge >= 0.3 is 23.9 Å². The van der Waals surface area contributed by atoms with Crippen LogP contribution in [0.4, 0.5) is 4.79 Å². The number of carbonyl (C=O) groups is 9. The highest BCUT2D eigenvalue weighted by atomic mass is 16.4. The van der Waals surface area contributed by atoms with Crippen LogP contribution in [0.2, 0.25) is 0 Å². The van der Waals surface area contributed by atoms with Gasteiger partial charge < -0.3 is 79.1 Å². The SMILES string of the molecule is CNC12CNCCNCC(NC(=O)CCCC(=O)N[C@H](Cc3ccccc3)C(=O)C[C@H](Cc3ccccc3)C(=O)NCCCCCCCC(=O)CCCCCC(NC(=O)NC(CCC(=O)O)C(=O)O)C(=O)O)(CNCCNC1)CNCCNC2. The first-order chi connectivity index (χ1) is 40.5. The number of unbranched alkanes of at least 4 members (excludes halogenated alkanes) is 6. The lowest BCUT2D eigenvalue weighted by Gasteiger charge is -2.38. The topological polar surface area (TPSA) is 359 Å². The minimum absolute atomic E-state index is 0.0284. The number of hydrogen-bond donors (Lipinski definition) is 15. The number of hydrogen-bond acceptors (Lipinski definition) is 16. The molecule has 5 rings (SSSR count). The van der Waals surface area contributed by atoms with Gasteiger partial charge in [0, 0.05) is 130 Å². The van der Waals surface area contributed by atoms with Gasteiger partial charge in [-0.2, -0.15) is 0 Å². The zero-order valence-electron chi connectivity index (χ0n) is 49.2. The molecule has 0 aliphatic carbocycles. The largest absolute Gasteiger partial charge is 0.481 e. The summed E-state index contributed by atoms with van der Waals surface area (Å²) in [5.41, 5.74) is 0.965. The maximum atomic E-state index is 14.3. The van der Waals surface area contributed by atoms with E-state index < -0.39 is 59.9 Å². The predicted molar refractivity (Wildman–Crippen MR) is 319 cm³/mol. The van der Waals surface area contributed by atoms with Gasteiger partial charge in [0.25, 0.3) is 0 Å². The third-order valence-electron chi connectivity index (χ3n) is 15.3. The van der Waals surface area contributed by atoms with Crippen LogP contribution in [-0.2, 0) is 51.2 Å². The summed E-state index contributed by atoms with van der Waals surface area (Å²) >= 11 is 0.